The van der Waals surface area contributed by atoms with Gasteiger partial charge >= 0.3 is 0 Å². The fourth-order valence-corrected chi connectivity index (χ4v) is 4.09. The largest absolute Gasteiger partial charge is 0.457 e. The summed E-state index contributed by atoms with van der Waals surface area (Å²) in [6.45, 7) is 0.794. The highest BCUT2D eigenvalue weighted by Gasteiger charge is 2.29. The lowest BCUT2D eigenvalue weighted by atomic mass is 10.1. The van der Waals surface area contributed by atoms with Gasteiger partial charge in [-0.1, -0.05) is 24.3 Å². The minimum absolute atomic E-state index is 0.153. The molecule has 2 amide bonds. The van der Waals surface area contributed by atoms with Crippen LogP contribution in [0.4, 0.5) is 5.82 Å². The Balaban J connectivity index is 1.60. The number of carbonyl (C=O) groups excluding carboxylic acids is 2. The van der Waals surface area contributed by atoms with E-state index >= 15 is 0 Å². The molecule has 2 aromatic carbocycles. The molecule has 9 nitrogen and oxygen atoms in total. The zero-order valence-electron chi connectivity index (χ0n) is 18.6. The Morgan fingerprint density at radius 3 is 2.50 bits per heavy atom. The first-order valence-electron chi connectivity index (χ1n) is 11.1. The molecule has 0 aliphatic carbocycles. The number of primary amides is 1. The van der Waals surface area contributed by atoms with Crippen molar-refractivity contribution in [2.24, 2.45) is 5.73 Å². The number of nitrogens with two attached hydrogens (primary N) is 2. The quantitative estimate of drug-likeness (QED) is 0.463. The summed E-state index contributed by atoms with van der Waals surface area (Å²) in [5.41, 5.74) is 13.2. The third kappa shape index (κ3) is 4.94. The molecule has 4 rings (SSSR count). The first kappa shape index (κ1) is 23.1. The maximum atomic E-state index is 12.4. The summed E-state index contributed by atoms with van der Waals surface area (Å²) in [6, 6.07) is 16.4. The fraction of sp³-hybridized carbons (Fsp3) is 0.240. The van der Waals surface area contributed by atoms with Gasteiger partial charge in [0, 0.05) is 24.7 Å². The summed E-state index contributed by atoms with van der Waals surface area (Å²) in [7, 11) is 0. The van der Waals surface area contributed by atoms with Crippen LogP contribution in [0.3, 0.4) is 0 Å². The molecule has 176 valence electrons. The van der Waals surface area contributed by atoms with Crippen LogP contribution >= 0.6 is 0 Å². The number of carbonyl (C=O) groups is 2. The molecule has 34 heavy (non-hydrogen) atoms. The average molecular weight is 462 g/mol. The van der Waals surface area contributed by atoms with E-state index in [1.807, 2.05) is 30.3 Å². The number of aliphatic hydroxyl groups excluding tert-OH is 1. The molecule has 1 fully saturated rings. The first-order chi connectivity index (χ1) is 16.5. The molecule has 3 aromatic rings. The minimum Gasteiger partial charge on any atom is -0.457 e. The van der Waals surface area contributed by atoms with Crippen LogP contribution in [-0.2, 0) is 4.79 Å². The van der Waals surface area contributed by atoms with E-state index in [0.717, 1.165) is 12.8 Å². The summed E-state index contributed by atoms with van der Waals surface area (Å²) >= 11 is 0. The maximum Gasteiger partial charge on any atom is 0.254 e. The molecule has 1 aromatic heterocycles. The van der Waals surface area contributed by atoms with Gasteiger partial charge in [-0.05, 0) is 49.2 Å². The summed E-state index contributed by atoms with van der Waals surface area (Å²) in [5, 5.41) is 13.6. The molecule has 5 N–H and O–H groups in total. The summed E-state index contributed by atoms with van der Waals surface area (Å²) in [4.78, 5) is 26.3. The van der Waals surface area contributed by atoms with Crippen molar-refractivity contribution in [2.45, 2.75) is 18.9 Å². The molecule has 1 atom stereocenters. The van der Waals surface area contributed by atoms with E-state index in [0.29, 0.717) is 35.8 Å². The Bertz CT molecular complexity index is 1190. The number of piperidine rings is 1. The molecule has 1 aliphatic heterocycles. The van der Waals surface area contributed by atoms with E-state index in [4.69, 9.17) is 21.3 Å². The molecule has 9 heteroatoms. The van der Waals surface area contributed by atoms with Gasteiger partial charge in [0.1, 0.15) is 28.6 Å². The van der Waals surface area contributed by atoms with Crippen LogP contribution in [0.15, 0.2) is 66.7 Å². The van der Waals surface area contributed by atoms with E-state index in [1.165, 1.54) is 12.2 Å². The number of aromatic nitrogens is 2. The predicted octanol–water partition coefficient (Wildman–Crippen LogP) is 2.74. The molecule has 0 bridgehead atoms. The molecular weight excluding hydrogens is 434 g/mol. The van der Waals surface area contributed by atoms with Crippen molar-refractivity contribution in [3.8, 4) is 22.8 Å². The maximum absolute atomic E-state index is 12.4. The van der Waals surface area contributed by atoms with Crippen LogP contribution in [0.5, 0.6) is 11.5 Å². The Kier molecular flexibility index (Phi) is 6.93. The van der Waals surface area contributed by atoms with Crippen LogP contribution in [0.2, 0.25) is 0 Å². The second kappa shape index (κ2) is 10.2. The van der Waals surface area contributed by atoms with Gasteiger partial charge in [0.05, 0.1) is 12.6 Å². The van der Waals surface area contributed by atoms with Crippen LogP contribution < -0.4 is 16.2 Å². The molecule has 1 saturated heterocycles. The third-order valence-corrected chi connectivity index (χ3v) is 5.72. The SMILES string of the molecule is NC(=O)c1c(-c2ccc(Oc3ccccc3)cc2)nn(C2CCCN(C(=O)C=CCO)C2)c1N. The third-order valence-electron chi connectivity index (χ3n) is 5.72. The van der Waals surface area contributed by atoms with Crippen molar-refractivity contribution in [2.75, 3.05) is 25.4 Å². The van der Waals surface area contributed by atoms with Crippen LogP contribution in [-0.4, -0.2) is 51.3 Å². The number of nitrogen functional groups attached to an aromatic ring is 1. The molecule has 2 heterocycles. The highest BCUT2D eigenvalue weighted by atomic mass is 16.5. The number of para-hydroxylation sites is 1. The van der Waals surface area contributed by atoms with Crippen molar-refractivity contribution < 1.29 is 19.4 Å². The Morgan fingerprint density at radius 1 is 1.12 bits per heavy atom. The smallest absolute Gasteiger partial charge is 0.254 e. The Hall–Kier alpha value is -4.11. The number of hydrogen-bond acceptors (Lipinski definition) is 6. The summed E-state index contributed by atoms with van der Waals surface area (Å²) in [5.74, 6) is 0.677. The van der Waals surface area contributed by atoms with E-state index in [-0.39, 0.29) is 29.9 Å². The highest BCUT2D eigenvalue weighted by molar-refractivity contribution is 6.03. The van der Waals surface area contributed by atoms with Gasteiger partial charge in [0.2, 0.25) is 5.91 Å². The number of ether oxygens (including phenoxy) is 1. The Morgan fingerprint density at radius 2 is 1.82 bits per heavy atom. The molecule has 1 unspecified atom stereocenters. The molecule has 0 saturated carbocycles. The zero-order chi connectivity index (χ0) is 24.1. The second-order valence-electron chi connectivity index (χ2n) is 8.02. The lowest BCUT2D eigenvalue weighted by molar-refractivity contribution is -0.127. The molecule has 0 spiro atoms. The van der Waals surface area contributed by atoms with Crippen LogP contribution in [0, 0.1) is 0 Å². The molecule has 0 radical (unpaired) electrons. The van der Waals surface area contributed by atoms with Gasteiger partial charge in [-0.15, -0.1) is 0 Å². The van der Waals surface area contributed by atoms with Gasteiger partial charge in [-0.25, -0.2) is 4.68 Å². The van der Waals surface area contributed by atoms with Crippen molar-refractivity contribution >= 4 is 17.6 Å². The van der Waals surface area contributed by atoms with Crippen LogP contribution in [0.25, 0.3) is 11.3 Å². The lowest BCUT2D eigenvalue weighted by Crippen LogP contribution is -2.40. The zero-order valence-corrected chi connectivity index (χ0v) is 18.6. The summed E-state index contributed by atoms with van der Waals surface area (Å²) < 4.78 is 7.43. The lowest BCUT2D eigenvalue weighted by Gasteiger charge is -2.32. The Labute approximate surface area is 197 Å². The first-order valence-corrected chi connectivity index (χ1v) is 11.1. The van der Waals surface area contributed by atoms with E-state index in [1.54, 1.807) is 33.8 Å². The number of rotatable bonds is 7. The fourth-order valence-electron chi connectivity index (χ4n) is 4.09. The number of likely N-dealkylation sites (tertiary alicyclic amines) is 1. The number of hydrogen-bond donors (Lipinski definition) is 3. The topological polar surface area (TPSA) is 137 Å². The number of anilines is 1. The van der Waals surface area contributed by atoms with Gasteiger partial charge in [0.15, 0.2) is 0 Å². The number of amides is 2. The van der Waals surface area contributed by atoms with Crippen LogP contribution in [0.1, 0.15) is 29.2 Å². The summed E-state index contributed by atoms with van der Waals surface area (Å²) in [6.07, 6.45) is 4.27. The van der Waals surface area contributed by atoms with E-state index in [2.05, 4.69) is 5.10 Å². The number of benzene rings is 2. The minimum atomic E-state index is -0.669. The highest BCUT2D eigenvalue weighted by Crippen LogP contribution is 2.33. The molecule has 1 aliphatic rings. The van der Waals surface area contributed by atoms with Gasteiger partial charge < -0.3 is 26.2 Å². The average Bonchev–Trinajstić information content (AvgIpc) is 3.21. The van der Waals surface area contributed by atoms with E-state index in [9.17, 15) is 9.59 Å². The van der Waals surface area contributed by atoms with Gasteiger partial charge in [0.25, 0.3) is 5.91 Å². The molecular formula is C25H27N5O4. The van der Waals surface area contributed by atoms with Crippen molar-refractivity contribution in [3.05, 3.63) is 72.3 Å². The monoisotopic (exact) mass is 461 g/mol. The second-order valence-corrected chi connectivity index (χ2v) is 8.02. The number of nitrogens with zero attached hydrogens (tertiary/aromatic N) is 3. The predicted molar refractivity (Wildman–Crippen MR) is 128 cm³/mol. The number of aliphatic hydroxyl groups is 1. The van der Waals surface area contributed by atoms with Crippen molar-refractivity contribution in [3.63, 3.8) is 0 Å². The van der Waals surface area contributed by atoms with Crippen molar-refractivity contribution in [1.82, 2.24) is 14.7 Å². The van der Waals surface area contributed by atoms with Crippen molar-refractivity contribution in [1.29, 1.82) is 0 Å². The van der Waals surface area contributed by atoms with E-state index < -0.39 is 5.91 Å². The van der Waals surface area contributed by atoms with Gasteiger partial charge in [-0.3, -0.25) is 9.59 Å². The normalized spacial score (nSPS) is 16.0. The standard InChI is InChI=1S/C25H27N5O4/c26-24-22(25(27)33)23(17-10-12-20(13-11-17)34-19-7-2-1-3-8-19)28-30(24)18-6-4-14-29(16-18)21(32)9-5-15-31/h1-3,5,7-13,18,31H,4,6,14-16,26H2,(H2,27,33). The van der Waals surface area contributed by atoms with Gasteiger partial charge in [-0.2, -0.15) is 5.10 Å².